The lowest BCUT2D eigenvalue weighted by atomic mass is 9.91. The third-order valence-electron chi connectivity index (χ3n) is 3.12. The number of rotatable bonds is 6. The molecule has 84 valence electrons. The number of nitrogens with one attached hydrogen (secondary N) is 3. The first kappa shape index (κ1) is 12.0. The summed E-state index contributed by atoms with van der Waals surface area (Å²) in [6, 6.07) is 1.53. The van der Waals surface area contributed by atoms with Gasteiger partial charge in [-0.05, 0) is 39.3 Å². The van der Waals surface area contributed by atoms with Gasteiger partial charge in [0, 0.05) is 25.2 Å². The van der Waals surface area contributed by atoms with E-state index in [4.69, 9.17) is 0 Å². The molecule has 0 unspecified atom stereocenters. The minimum atomic E-state index is 0.762. The van der Waals surface area contributed by atoms with E-state index in [1.807, 2.05) is 0 Å². The molecule has 1 saturated carbocycles. The van der Waals surface area contributed by atoms with Crippen molar-refractivity contribution in [2.75, 3.05) is 26.7 Å². The Labute approximate surface area is 88.0 Å². The Hall–Kier alpha value is -0.120. The van der Waals surface area contributed by atoms with E-state index in [1.54, 1.807) is 0 Å². The SMILES string of the molecule is CCNCCNC1CCC(NC)CC1. The molecular weight excluding hydrogens is 174 g/mol. The van der Waals surface area contributed by atoms with E-state index in [0.29, 0.717) is 0 Å². The van der Waals surface area contributed by atoms with Crippen molar-refractivity contribution < 1.29 is 0 Å². The molecule has 0 heterocycles. The highest BCUT2D eigenvalue weighted by atomic mass is 15.0. The molecule has 3 N–H and O–H groups in total. The summed E-state index contributed by atoms with van der Waals surface area (Å²) in [5, 5.41) is 10.3. The molecule has 14 heavy (non-hydrogen) atoms. The first-order chi connectivity index (χ1) is 6.86. The van der Waals surface area contributed by atoms with Crippen molar-refractivity contribution in [3.05, 3.63) is 0 Å². The first-order valence-electron chi connectivity index (χ1n) is 5.98. The Morgan fingerprint density at radius 2 is 1.64 bits per heavy atom. The van der Waals surface area contributed by atoms with Crippen molar-refractivity contribution >= 4 is 0 Å². The van der Waals surface area contributed by atoms with Crippen molar-refractivity contribution in [3.8, 4) is 0 Å². The highest BCUT2D eigenvalue weighted by Gasteiger charge is 2.18. The summed E-state index contributed by atoms with van der Waals surface area (Å²) >= 11 is 0. The highest BCUT2D eigenvalue weighted by molar-refractivity contribution is 4.79. The molecule has 3 heteroatoms. The van der Waals surface area contributed by atoms with E-state index in [2.05, 4.69) is 29.9 Å². The summed E-state index contributed by atoms with van der Waals surface area (Å²) < 4.78 is 0. The first-order valence-corrected chi connectivity index (χ1v) is 5.98. The zero-order chi connectivity index (χ0) is 10.2. The largest absolute Gasteiger partial charge is 0.317 e. The summed E-state index contributed by atoms with van der Waals surface area (Å²) in [5.41, 5.74) is 0. The maximum atomic E-state index is 3.61. The highest BCUT2D eigenvalue weighted by Crippen LogP contribution is 2.17. The van der Waals surface area contributed by atoms with Crippen molar-refractivity contribution in [1.29, 1.82) is 0 Å². The van der Waals surface area contributed by atoms with Crippen molar-refractivity contribution in [2.45, 2.75) is 44.7 Å². The molecular formula is C11H25N3. The van der Waals surface area contributed by atoms with E-state index < -0.39 is 0 Å². The Bertz CT molecular complexity index is 130. The molecule has 1 fully saturated rings. The number of likely N-dealkylation sites (N-methyl/N-ethyl adjacent to an activating group) is 1. The zero-order valence-electron chi connectivity index (χ0n) is 9.60. The van der Waals surface area contributed by atoms with Crippen LogP contribution < -0.4 is 16.0 Å². The molecule has 0 aliphatic heterocycles. The van der Waals surface area contributed by atoms with Gasteiger partial charge in [-0.25, -0.2) is 0 Å². The average Bonchev–Trinajstić information content (AvgIpc) is 2.25. The molecule has 0 radical (unpaired) electrons. The molecule has 0 aromatic heterocycles. The summed E-state index contributed by atoms with van der Waals surface area (Å²) in [6.07, 6.45) is 5.32. The Morgan fingerprint density at radius 1 is 1.00 bits per heavy atom. The van der Waals surface area contributed by atoms with Gasteiger partial charge in [0.05, 0.1) is 0 Å². The van der Waals surface area contributed by atoms with Crippen molar-refractivity contribution in [2.24, 2.45) is 0 Å². The van der Waals surface area contributed by atoms with Gasteiger partial charge in [-0.3, -0.25) is 0 Å². The normalized spacial score (nSPS) is 27.9. The lowest BCUT2D eigenvalue weighted by Crippen LogP contribution is -2.41. The maximum absolute atomic E-state index is 3.61. The minimum Gasteiger partial charge on any atom is -0.317 e. The fourth-order valence-electron chi connectivity index (χ4n) is 2.13. The fourth-order valence-corrected chi connectivity index (χ4v) is 2.13. The summed E-state index contributed by atoms with van der Waals surface area (Å²) in [5.74, 6) is 0. The van der Waals surface area contributed by atoms with Crippen LogP contribution in [0.15, 0.2) is 0 Å². The summed E-state index contributed by atoms with van der Waals surface area (Å²) in [4.78, 5) is 0. The van der Waals surface area contributed by atoms with Crippen LogP contribution in [0.1, 0.15) is 32.6 Å². The van der Waals surface area contributed by atoms with Gasteiger partial charge in [0.25, 0.3) is 0 Å². The molecule has 0 aromatic carbocycles. The van der Waals surface area contributed by atoms with Crippen LogP contribution in [0.3, 0.4) is 0 Å². The Morgan fingerprint density at radius 3 is 2.21 bits per heavy atom. The fraction of sp³-hybridized carbons (Fsp3) is 1.00. The zero-order valence-corrected chi connectivity index (χ0v) is 9.60. The van der Waals surface area contributed by atoms with E-state index in [1.165, 1.54) is 25.7 Å². The van der Waals surface area contributed by atoms with Crippen molar-refractivity contribution in [3.63, 3.8) is 0 Å². The number of hydrogen-bond acceptors (Lipinski definition) is 3. The smallest absolute Gasteiger partial charge is 0.00793 e. The van der Waals surface area contributed by atoms with Crippen LogP contribution in [-0.2, 0) is 0 Å². The van der Waals surface area contributed by atoms with Crippen LogP contribution in [0.5, 0.6) is 0 Å². The van der Waals surface area contributed by atoms with E-state index in [0.717, 1.165) is 31.7 Å². The van der Waals surface area contributed by atoms with Crippen LogP contribution >= 0.6 is 0 Å². The van der Waals surface area contributed by atoms with Gasteiger partial charge in [0.2, 0.25) is 0 Å². The van der Waals surface area contributed by atoms with Crippen LogP contribution in [0, 0.1) is 0 Å². The molecule has 1 aliphatic rings. The molecule has 3 nitrogen and oxygen atoms in total. The number of hydrogen-bond donors (Lipinski definition) is 3. The third kappa shape index (κ3) is 4.40. The molecule has 1 rings (SSSR count). The molecule has 0 aromatic rings. The lowest BCUT2D eigenvalue weighted by Gasteiger charge is -2.28. The van der Waals surface area contributed by atoms with E-state index in [-0.39, 0.29) is 0 Å². The minimum absolute atomic E-state index is 0.762. The van der Waals surface area contributed by atoms with E-state index >= 15 is 0 Å². The predicted octanol–water partition coefficient (Wildman–Crippen LogP) is 0.716. The third-order valence-corrected chi connectivity index (χ3v) is 3.12. The van der Waals surface area contributed by atoms with Crippen molar-refractivity contribution in [1.82, 2.24) is 16.0 Å². The van der Waals surface area contributed by atoms with Gasteiger partial charge in [0.15, 0.2) is 0 Å². The lowest BCUT2D eigenvalue weighted by molar-refractivity contribution is 0.318. The second-order valence-electron chi connectivity index (χ2n) is 4.14. The van der Waals surface area contributed by atoms with Gasteiger partial charge >= 0.3 is 0 Å². The summed E-state index contributed by atoms with van der Waals surface area (Å²) in [6.45, 7) is 5.44. The second-order valence-corrected chi connectivity index (χ2v) is 4.14. The standard InChI is InChI=1S/C11H25N3/c1-3-13-8-9-14-11-6-4-10(12-2)5-7-11/h10-14H,3-9H2,1-2H3. The monoisotopic (exact) mass is 199 g/mol. The Balaban J connectivity index is 1.98. The van der Waals surface area contributed by atoms with Gasteiger partial charge in [-0.1, -0.05) is 6.92 Å². The van der Waals surface area contributed by atoms with Crippen LogP contribution in [0.4, 0.5) is 0 Å². The van der Waals surface area contributed by atoms with Crippen LogP contribution in [-0.4, -0.2) is 38.8 Å². The quantitative estimate of drug-likeness (QED) is 0.552. The molecule has 0 atom stereocenters. The van der Waals surface area contributed by atoms with Crippen LogP contribution in [0.2, 0.25) is 0 Å². The van der Waals surface area contributed by atoms with E-state index in [9.17, 15) is 0 Å². The Kier molecular flexibility index (Phi) is 6.15. The second kappa shape index (κ2) is 7.21. The average molecular weight is 199 g/mol. The van der Waals surface area contributed by atoms with Crippen LogP contribution in [0.25, 0.3) is 0 Å². The maximum Gasteiger partial charge on any atom is 0.00793 e. The van der Waals surface area contributed by atoms with Gasteiger partial charge < -0.3 is 16.0 Å². The van der Waals surface area contributed by atoms with Gasteiger partial charge in [-0.15, -0.1) is 0 Å². The van der Waals surface area contributed by atoms with Gasteiger partial charge in [-0.2, -0.15) is 0 Å². The molecule has 0 spiro atoms. The summed E-state index contributed by atoms with van der Waals surface area (Å²) in [7, 11) is 2.07. The molecule has 0 bridgehead atoms. The predicted molar refractivity (Wildman–Crippen MR) is 61.7 cm³/mol. The topological polar surface area (TPSA) is 36.1 Å². The molecule has 0 amide bonds. The molecule has 0 saturated heterocycles. The molecule has 1 aliphatic carbocycles. The van der Waals surface area contributed by atoms with Gasteiger partial charge in [0.1, 0.15) is 0 Å².